The molecule has 1 aromatic heterocycles. The van der Waals surface area contributed by atoms with Gasteiger partial charge in [0.1, 0.15) is 16.5 Å². The summed E-state index contributed by atoms with van der Waals surface area (Å²) in [6.07, 6.45) is 4.71. The van der Waals surface area contributed by atoms with Crippen LogP contribution in [0.4, 0.5) is 0 Å². The minimum Gasteiger partial charge on any atom is -0.495 e. The Labute approximate surface area is 128 Å². The molecule has 0 aliphatic heterocycles. The van der Waals surface area contributed by atoms with Crippen LogP contribution in [0.15, 0.2) is 35.5 Å². The Morgan fingerprint density at radius 3 is 2.90 bits per heavy atom. The Morgan fingerprint density at radius 1 is 1.43 bits per heavy atom. The van der Waals surface area contributed by atoms with Crippen LogP contribution in [0.5, 0.6) is 5.75 Å². The summed E-state index contributed by atoms with van der Waals surface area (Å²) < 4.78 is 32.1. The van der Waals surface area contributed by atoms with Crippen LogP contribution in [0.3, 0.4) is 0 Å². The van der Waals surface area contributed by atoms with Gasteiger partial charge in [-0.25, -0.2) is 18.1 Å². The average Bonchev–Trinajstić information content (AvgIpc) is 2.96. The zero-order chi connectivity index (χ0) is 15.3. The average molecular weight is 330 g/mol. The highest BCUT2D eigenvalue weighted by Crippen LogP contribution is 2.26. The second-order valence-corrected chi connectivity index (χ2v) is 6.50. The van der Waals surface area contributed by atoms with Crippen LogP contribution in [-0.4, -0.2) is 32.0 Å². The van der Waals surface area contributed by atoms with Crippen LogP contribution >= 0.6 is 11.6 Å². The van der Waals surface area contributed by atoms with Gasteiger partial charge in [0.2, 0.25) is 10.0 Å². The summed E-state index contributed by atoms with van der Waals surface area (Å²) in [5, 5.41) is 0.420. The maximum Gasteiger partial charge on any atom is 0.244 e. The maximum absolute atomic E-state index is 12.2. The largest absolute Gasteiger partial charge is 0.495 e. The van der Waals surface area contributed by atoms with E-state index in [-0.39, 0.29) is 10.6 Å². The van der Waals surface area contributed by atoms with Gasteiger partial charge in [-0.3, -0.25) is 0 Å². The normalized spacial score (nSPS) is 11.5. The smallest absolute Gasteiger partial charge is 0.244 e. The molecule has 8 heteroatoms. The highest BCUT2D eigenvalue weighted by atomic mass is 35.5. The van der Waals surface area contributed by atoms with Gasteiger partial charge in [0, 0.05) is 36.4 Å². The van der Waals surface area contributed by atoms with E-state index in [1.165, 1.54) is 25.3 Å². The highest BCUT2D eigenvalue weighted by molar-refractivity contribution is 7.89. The predicted molar refractivity (Wildman–Crippen MR) is 80.1 cm³/mol. The lowest BCUT2D eigenvalue weighted by molar-refractivity contribution is 0.402. The molecule has 0 atom stereocenters. The molecular formula is C13H16ClN3O3S. The number of benzene rings is 1. The van der Waals surface area contributed by atoms with Gasteiger partial charge < -0.3 is 9.72 Å². The zero-order valence-electron chi connectivity index (χ0n) is 11.5. The third-order valence-electron chi connectivity index (χ3n) is 2.85. The number of nitrogens with zero attached hydrogens (tertiary/aromatic N) is 1. The number of nitrogens with one attached hydrogen (secondary N) is 2. The lowest BCUT2D eigenvalue weighted by Crippen LogP contribution is -2.25. The van der Waals surface area contributed by atoms with E-state index < -0.39 is 10.0 Å². The molecule has 2 rings (SSSR count). The first-order valence-corrected chi connectivity index (χ1v) is 8.20. The molecule has 0 saturated carbocycles. The molecule has 0 bridgehead atoms. The molecule has 114 valence electrons. The first-order chi connectivity index (χ1) is 10.0. The number of halogens is 1. The van der Waals surface area contributed by atoms with E-state index in [1.807, 2.05) is 0 Å². The molecule has 0 saturated heterocycles. The molecule has 0 fully saturated rings. The van der Waals surface area contributed by atoms with Crippen molar-refractivity contribution in [3.05, 3.63) is 41.4 Å². The van der Waals surface area contributed by atoms with E-state index in [0.29, 0.717) is 24.4 Å². The fraction of sp³-hybridized carbons (Fsp3) is 0.308. The zero-order valence-corrected chi connectivity index (χ0v) is 13.0. The van der Waals surface area contributed by atoms with Crippen molar-refractivity contribution < 1.29 is 13.2 Å². The number of hydrogen-bond donors (Lipinski definition) is 2. The van der Waals surface area contributed by atoms with Crippen molar-refractivity contribution in [1.29, 1.82) is 0 Å². The van der Waals surface area contributed by atoms with E-state index in [9.17, 15) is 8.42 Å². The fourth-order valence-corrected chi connectivity index (χ4v) is 3.22. The molecule has 6 nitrogen and oxygen atoms in total. The SMILES string of the molecule is COc1cc(Cl)ccc1S(=O)(=O)NCCCc1ncc[nH]1. The number of sulfonamides is 1. The Hall–Kier alpha value is -1.57. The van der Waals surface area contributed by atoms with E-state index in [0.717, 1.165) is 5.82 Å². The summed E-state index contributed by atoms with van der Waals surface area (Å²) in [6.45, 7) is 0.314. The monoisotopic (exact) mass is 329 g/mol. The van der Waals surface area contributed by atoms with Crippen LogP contribution in [0.1, 0.15) is 12.2 Å². The molecule has 1 heterocycles. The van der Waals surface area contributed by atoms with Crippen molar-refractivity contribution in [2.75, 3.05) is 13.7 Å². The number of ether oxygens (including phenoxy) is 1. The minimum atomic E-state index is -3.63. The number of hydrogen-bond acceptors (Lipinski definition) is 4. The van der Waals surface area contributed by atoms with Crippen molar-refractivity contribution in [3.8, 4) is 5.75 Å². The van der Waals surface area contributed by atoms with Crippen LogP contribution in [0.25, 0.3) is 0 Å². The molecule has 0 radical (unpaired) electrons. The van der Waals surface area contributed by atoms with Crippen molar-refractivity contribution in [2.45, 2.75) is 17.7 Å². The summed E-state index contributed by atoms with van der Waals surface area (Å²) in [4.78, 5) is 7.12. The van der Waals surface area contributed by atoms with E-state index in [2.05, 4.69) is 14.7 Å². The molecule has 0 amide bonds. The summed E-state index contributed by atoms with van der Waals surface area (Å²) in [7, 11) is -2.22. The van der Waals surface area contributed by atoms with Gasteiger partial charge in [0.05, 0.1) is 7.11 Å². The lowest BCUT2D eigenvalue weighted by atomic mass is 10.3. The van der Waals surface area contributed by atoms with Crippen molar-refractivity contribution >= 4 is 21.6 Å². The highest BCUT2D eigenvalue weighted by Gasteiger charge is 2.19. The Bertz CT molecular complexity index is 687. The molecule has 0 aliphatic carbocycles. The Balaban J connectivity index is 1.98. The summed E-state index contributed by atoms with van der Waals surface area (Å²) in [5.41, 5.74) is 0. The van der Waals surface area contributed by atoms with E-state index >= 15 is 0 Å². The second kappa shape index (κ2) is 6.93. The molecule has 1 aromatic carbocycles. The quantitative estimate of drug-likeness (QED) is 0.761. The second-order valence-electron chi connectivity index (χ2n) is 4.33. The maximum atomic E-state index is 12.2. The molecular weight excluding hydrogens is 314 g/mol. The number of aromatic amines is 1. The van der Waals surface area contributed by atoms with Crippen molar-refractivity contribution in [2.24, 2.45) is 0 Å². The number of H-pyrrole nitrogens is 1. The summed E-state index contributed by atoms with van der Waals surface area (Å²) >= 11 is 5.82. The van der Waals surface area contributed by atoms with Crippen LogP contribution in [0, 0.1) is 0 Å². The standard InChI is InChI=1S/C13H16ClN3O3S/c1-20-11-9-10(14)4-5-12(11)21(18,19)17-6-2-3-13-15-7-8-16-13/h4-5,7-9,17H,2-3,6H2,1H3,(H,15,16). The fourth-order valence-electron chi connectivity index (χ4n) is 1.84. The van der Waals surface area contributed by atoms with Crippen LogP contribution < -0.4 is 9.46 Å². The van der Waals surface area contributed by atoms with Crippen molar-refractivity contribution in [3.63, 3.8) is 0 Å². The number of rotatable bonds is 7. The van der Waals surface area contributed by atoms with Crippen molar-refractivity contribution in [1.82, 2.24) is 14.7 Å². The molecule has 0 unspecified atom stereocenters. The van der Waals surface area contributed by atoms with Crippen LogP contribution in [-0.2, 0) is 16.4 Å². The molecule has 0 aliphatic rings. The van der Waals surface area contributed by atoms with Gasteiger partial charge in [-0.2, -0.15) is 0 Å². The van der Waals surface area contributed by atoms with Gasteiger partial charge in [-0.15, -0.1) is 0 Å². The van der Waals surface area contributed by atoms with Gasteiger partial charge in [0.15, 0.2) is 0 Å². The number of aromatic nitrogens is 2. The Morgan fingerprint density at radius 2 is 2.24 bits per heavy atom. The first-order valence-electron chi connectivity index (χ1n) is 6.34. The molecule has 2 N–H and O–H groups in total. The van der Waals surface area contributed by atoms with Gasteiger partial charge in [0.25, 0.3) is 0 Å². The lowest BCUT2D eigenvalue weighted by Gasteiger charge is -2.10. The van der Waals surface area contributed by atoms with Gasteiger partial charge >= 0.3 is 0 Å². The number of imidazole rings is 1. The van der Waals surface area contributed by atoms with E-state index in [4.69, 9.17) is 16.3 Å². The molecule has 21 heavy (non-hydrogen) atoms. The predicted octanol–water partition coefficient (Wildman–Crippen LogP) is 1.98. The summed E-state index contributed by atoms with van der Waals surface area (Å²) in [6, 6.07) is 4.41. The van der Waals surface area contributed by atoms with E-state index in [1.54, 1.807) is 12.4 Å². The third-order valence-corrected chi connectivity index (χ3v) is 4.59. The Kier molecular flexibility index (Phi) is 5.22. The van der Waals surface area contributed by atoms with Gasteiger partial charge in [-0.1, -0.05) is 11.6 Å². The third kappa shape index (κ3) is 4.20. The molecule has 2 aromatic rings. The minimum absolute atomic E-state index is 0.0763. The topological polar surface area (TPSA) is 84.1 Å². The first kappa shape index (κ1) is 15.8. The summed E-state index contributed by atoms with van der Waals surface area (Å²) in [5.74, 6) is 1.05. The number of aryl methyl sites for hydroxylation is 1. The van der Waals surface area contributed by atoms with Gasteiger partial charge in [-0.05, 0) is 18.6 Å². The molecule has 0 spiro atoms. The number of methoxy groups -OCH3 is 1. The van der Waals surface area contributed by atoms with Crippen LogP contribution in [0.2, 0.25) is 5.02 Å².